The van der Waals surface area contributed by atoms with Gasteiger partial charge < -0.3 is 4.90 Å². The van der Waals surface area contributed by atoms with Gasteiger partial charge in [-0.15, -0.1) is 0 Å². The van der Waals surface area contributed by atoms with Gasteiger partial charge in [-0.25, -0.2) is 0 Å². The fraction of sp³-hybridized carbons (Fsp3) is 0.188. The average Bonchev–Trinajstić information content (AvgIpc) is 2.62. The predicted molar refractivity (Wildman–Crippen MR) is 100 cm³/mol. The summed E-state index contributed by atoms with van der Waals surface area (Å²) in [5, 5.41) is 21.0. The van der Waals surface area contributed by atoms with Crippen LogP contribution in [0.3, 0.4) is 0 Å². The number of hydrogen-bond acceptors (Lipinski definition) is 7. The quantitative estimate of drug-likeness (QED) is 0.273. The van der Waals surface area contributed by atoms with E-state index in [9.17, 15) is 22.7 Å². The van der Waals surface area contributed by atoms with Gasteiger partial charge in [0.05, 0.1) is 4.92 Å². The molecule has 0 bridgehead atoms. The predicted octanol–water partition coefficient (Wildman–Crippen LogP) is 1.36. The SMILES string of the molecule is CC(=O)Nc1cccc([As](=O)(O)OO)c1.CN(C)c1ccc([N+](=O)[O-])cc1. The van der Waals surface area contributed by atoms with Crippen molar-refractivity contribution < 1.29 is 26.7 Å². The van der Waals surface area contributed by atoms with Crippen molar-refractivity contribution in [3.8, 4) is 0 Å². The molecule has 11 heteroatoms. The van der Waals surface area contributed by atoms with Crippen molar-refractivity contribution in [3.05, 3.63) is 58.6 Å². The Morgan fingerprint density at radius 1 is 1.22 bits per heavy atom. The third-order valence-electron chi connectivity index (χ3n) is 3.18. The zero-order valence-electron chi connectivity index (χ0n) is 14.9. The molecule has 1 amide bonds. The normalized spacial score (nSPS) is 12.2. The van der Waals surface area contributed by atoms with Crippen molar-refractivity contribution >= 4 is 41.5 Å². The maximum atomic E-state index is 11.3. The molecule has 0 saturated carbocycles. The van der Waals surface area contributed by atoms with Crippen LogP contribution in [0.5, 0.6) is 0 Å². The van der Waals surface area contributed by atoms with Gasteiger partial charge in [0.25, 0.3) is 5.69 Å². The van der Waals surface area contributed by atoms with Crippen LogP contribution in [0.15, 0.2) is 48.5 Å². The van der Waals surface area contributed by atoms with Crippen LogP contribution in [0.2, 0.25) is 0 Å². The molecule has 2 rings (SSSR count). The van der Waals surface area contributed by atoms with E-state index < -0.39 is 19.1 Å². The van der Waals surface area contributed by atoms with Gasteiger partial charge in [0, 0.05) is 31.9 Å². The maximum Gasteiger partial charge on any atom is 0.269 e. The number of benzene rings is 2. The van der Waals surface area contributed by atoms with Crippen molar-refractivity contribution in [2.24, 2.45) is 0 Å². The maximum absolute atomic E-state index is 11.3. The molecule has 0 heterocycles. The molecule has 0 fully saturated rings. The number of amides is 1. The number of carbonyl (C=O) groups excluding carboxylic acids is 1. The number of carbonyl (C=O) groups is 1. The number of anilines is 2. The first-order chi connectivity index (χ1) is 12.6. The van der Waals surface area contributed by atoms with Gasteiger partial charge in [-0.1, -0.05) is 0 Å². The van der Waals surface area contributed by atoms with E-state index in [2.05, 4.69) is 9.19 Å². The van der Waals surface area contributed by atoms with Crippen LogP contribution in [0.1, 0.15) is 6.92 Å². The number of rotatable bonds is 5. The molecule has 0 aliphatic carbocycles. The third kappa shape index (κ3) is 7.24. The molecule has 1 atom stereocenters. The second-order valence-corrected chi connectivity index (χ2v) is 9.11. The Balaban J connectivity index is 0.000000277. The summed E-state index contributed by atoms with van der Waals surface area (Å²) in [4.78, 5) is 22.5. The molecule has 0 saturated heterocycles. The molecule has 0 aliphatic rings. The van der Waals surface area contributed by atoms with E-state index in [-0.39, 0.29) is 15.9 Å². The largest absolute Gasteiger partial charge is 0.378 e. The van der Waals surface area contributed by atoms with Crippen LogP contribution < -0.4 is 14.6 Å². The van der Waals surface area contributed by atoms with Crippen LogP contribution >= 0.6 is 0 Å². The van der Waals surface area contributed by atoms with Crippen molar-refractivity contribution in [1.29, 1.82) is 0 Å². The zero-order chi connectivity index (χ0) is 20.6. The third-order valence-corrected chi connectivity index (χ3v) is 5.60. The van der Waals surface area contributed by atoms with Crippen molar-refractivity contribution in [2.75, 3.05) is 24.3 Å². The minimum atomic E-state index is -4.83. The van der Waals surface area contributed by atoms with E-state index in [0.717, 1.165) is 5.69 Å². The number of nitrogens with zero attached hydrogens (tertiary/aromatic N) is 2. The number of hydrogen-bond donors (Lipinski definition) is 3. The van der Waals surface area contributed by atoms with Crippen LogP contribution in [0.4, 0.5) is 17.1 Å². The molecule has 2 aromatic carbocycles. The number of nitro groups is 1. The molecule has 0 aliphatic heterocycles. The van der Waals surface area contributed by atoms with Gasteiger partial charge in [0.2, 0.25) is 0 Å². The van der Waals surface area contributed by atoms with E-state index in [1.165, 1.54) is 37.3 Å². The van der Waals surface area contributed by atoms with Gasteiger partial charge in [0.1, 0.15) is 0 Å². The van der Waals surface area contributed by atoms with Gasteiger partial charge in [-0.05, 0) is 12.1 Å². The van der Waals surface area contributed by atoms with Crippen LogP contribution in [0.25, 0.3) is 0 Å². The van der Waals surface area contributed by atoms with Gasteiger partial charge >= 0.3 is 88.4 Å². The molecule has 10 nitrogen and oxygen atoms in total. The van der Waals surface area contributed by atoms with E-state index in [1.54, 1.807) is 18.2 Å². The molecular weight excluding hydrogens is 421 g/mol. The average molecular weight is 441 g/mol. The van der Waals surface area contributed by atoms with Crippen LogP contribution in [-0.4, -0.2) is 48.5 Å². The Hall–Kier alpha value is -2.65. The summed E-state index contributed by atoms with van der Waals surface area (Å²) < 4.78 is 23.9. The molecule has 27 heavy (non-hydrogen) atoms. The molecule has 0 radical (unpaired) electrons. The number of non-ortho nitro benzene ring substituents is 1. The smallest absolute Gasteiger partial charge is 0.269 e. The second kappa shape index (κ2) is 9.88. The topological polar surface area (TPSA) is 142 Å². The first kappa shape index (κ1) is 22.4. The van der Waals surface area contributed by atoms with E-state index >= 15 is 0 Å². The fourth-order valence-corrected chi connectivity index (χ4v) is 3.29. The van der Waals surface area contributed by atoms with Crippen molar-refractivity contribution in [3.63, 3.8) is 0 Å². The summed E-state index contributed by atoms with van der Waals surface area (Å²) in [6.07, 6.45) is 0. The summed E-state index contributed by atoms with van der Waals surface area (Å²) in [5.74, 6) is -0.294. The van der Waals surface area contributed by atoms with Crippen molar-refractivity contribution in [2.45, 2.75) is 6.92 Å². The number of nitrogens with one attached hydrogen (secondary N) is 1. The summed E-state index contributed by atoms with van der Waals surface area (Å²) in [5.41, 5.74) is 1.45. The first-order valence-electron chi connectivity index (χ1n) is 7.52. The molecule has 0 spiro atoms. The molecule has 0 aromatic heterocycles. The molecule has 146 valence electrons. The van der Waals surface area contributed by atoms with Gasteiger partial charge in [0.15, 0.2) is 0 Å². The molecule has 1 unspecified atom stereocenters. The summed E-state index contributed by atoms with van der Waals surface area (Å²) in [6, 6.07) is 12.1. The minimum Gasteiger partial charge on any atom is -0.378 e. The second-order valence-electron chi connectivity index (χ2n) is 5.50. The number of nitro benzene ring substituents is 1. The summed E-state index contributed by atoms with van der Waals surface area (Å²) >= 11 is -4.83. The van der Waals surface area contributed by atoms with E-state index in [1.807, 2.05) is 19.0 Å². The fourth-order valence-electron chi connectivity index (χ4n) is 1.88. The Kier molecular flexibility index (Phi) is 8.20. The standard InChI is InChI=1S/C8H10AsNO5.C8H10N2O2/c1-6(11)10-8-4-2-3-7(5-8)9(12,13)15-14;1-9(2)7-3-5-8(6-4-7)10(11)12/h2-5,14H,1H3,(H,10,11)(H,12,13);3-6H,1-2H3. The van der Waals surface area contributed by atoms with Gasteiger partial charge in [-0.3, -0.25) is 10.1 Å². The van der Waals surface area contributed by atoms with Crippen LogP contribution in [-0.2, 0) is 12.4 Å². The summed E-state index contributed by atoms with van der Waals surface area (Å²) in [6.45, 7) is 1.32. The van der Waals surface area contributed by atoms with E-state index in [4.69, 9.17) is 5.26 Å². The van der Waals surface area contributed by atoms with E-state index in [0.29, 0.717) is 5.69 Å². The summed E-state index contributed by atoms with van der Waals surface area (Å²) in [7, 11) is 3.78. The Morgan fingerprint density at radius 3 is 2.26 bits per heavy atom. The monoisotopic (exact) mass is 441 g/mol. The minimum absolute atomic E-state index is 0.0399. The molecule has 2 aromatic rings. The Morgan fingerprint density at radius 2 is 1.81 bits per heavy atom. The molecule has 3 N–H and O–H groups in total. The van der Waals surface area contributed by atoms with Crippen molar-refractivity contribution in [1.82, 2.24) is 0 Å². The molecular formula is C16H20AsN3O7. The first-order valence-corrected chi connectivity index (χ1v) is 10.8. The Bertz CT molecular complexity index is 840. The Labute approximate surface area is 158 Å². The van der Waals surface area contributed by atoms with Gasteiger partial charge in [-0.2, -0.15) is 0 Å². The van der Waals surface area contributed by atoms with Crippen LogP contribution in [0, 0.1) is 10.1 Å². The zero-order valence-corrected chi connectivity index (χ0v) is 16.8.